The van der Waals surface area contributed by atoms with Crippen LogP contribution in [0.4, 0.5) is 0 Å². The predicted molar refractivity (Wildman–Crippen MR) is 79.3 cm³/mol. The highest BCUT2D eigenvalue weighted by Gasteiger charge is 2.10. The molecule has 1 aromatic heterocycles. The molecule has 106 valence electrons. The molecule has 3 N–H and O–H groups in total. The van der Waals surface area contributed by atoms with E-state index in [0.717, 1.165) is 17.7 Å². The van der Waals surface area contributed by atoms with Crippen LogP contribution in [0.25, 0.3) is 5.69 Å². The summed E-state index contributed by atoms with van der Waals surface area (Å²) in [6, 6.07) is 7.44. The van der Waals surface area contributed by atoms with Crippen LogP contribution in [0.15, 0.2) is 30.5 Å². The summed E-state index contributed by atoms with van der Waals surface area (Å²) in [5.41, 5.74) is 7.93. The zero-order valence-corrected chi connectivity index (χ0v) is 12.2. The number of nitrogens with two attached hydrogens (primary N) is 1. The Morgan fingerprint density at radius 2 is 2.25 bits per heavy atom. The van der Waals surface area contributed by atoms with Gasteiger partial charge in [-0.2, -0.15) is 5.10 Å². The summed E-state index contributed by atoms with van der Waals surface area (Å²) >= 11 is 6.27. The number of amides is 1. The van der Waals surface area contributed by atoms with E-state index in [1.807, 2.05) is 25.1 Å². The molecule has 1 heterocycles. The number of nitrogens with zero attached hydrogens (tertiary/aromatic N) is 2. The third kappa shape index (κ3) is 3.18. The van der Waals surface area contributed by atoms with Gasteiger partial charge in [0.05, 0.1) is 10.7 Å². The second-order valence-corrected chi connectivity index (χ2v) is 5.10. The number of hydrogen-bond donors (Lipinski definition) is 2. The summed E-state index contributed by atoms with van der Waals surface area (Å²) in [5.74, 6) is -0.228. The fraction of sp³-hybridized carbons (Fsp3) is 0.286. The standard InChI is InChI=1S/C14H17ClN4O/c1-9(16)7-10-3-4-13(11(15)8-10)19-6-5-12(18-19)14(20)17-2/h3-6,8-9H,7,16H2,1-2H3,(H,17,20). The molecular formula is C14H17ClN4O. The number of nitrogens with one attached hydrogen (secondary N) is 1. The van der Waals surface area contributed by atoms with E-state index in [1.165, 1.54) is 0 Å². The average molecular weight is 293 g/mol. The van der Waals surface area contributed by atoms with Crippen molar-refractivity contribution in [2.45, 2.75) is 19.4 Å². The van der Waals surface area contributed by atoms with E-state index in [0.29, 0.717) is 10.7 Å². The Labute approximate surface area is 122 Å². The lowest BCUT2D eigenvalue weighted by molar-refractivity contribution is 0.0957. The monoisotopic (exact) mass is 292 g/mol. The molecule has 2 aromatic rings. The maximum atomic E-state index is 11.5. The van der Waals surface area contributed by atoms with Crippen LogP contribution in [0.1, 0.15) is 23.0 Å². The second-order valence-electron chi connectivity index (χ2n) is 4.69. The maximum Gasteiger partial charge on any atom is 0.271 e. The van der Waals surface area contributed by atoms with Crippen LogP contribution >= 0.6 is 11.6 Å². The topological polar surface area (TPSA) is 72.9 Å². The molecule has 0 bridgehead atoms. The largest absolute Gasteiger partial charge is 0.354 e. The van der Waals surface area contributed by atoms with E-state index < -0.39 is 0 Å². The van der Waals surface area contributed by atoms with Crippen molar-refractivity contribution in [2.75, 3.05) is 7.05 Å². The zero-order chi connectivity index (χ0) is 14.7. The molecule has 6 heteroatoms. The average Bonchev–Trinajstić information content (AvgIpc) is 2.86. The molecular weight excluding hydrogens is 276 g/mol. The highest BCUT2D eigenvalue weighted by Crippen LogP contribution is 2.22. The molecule has 1 aromatic carbocycles. The summed E-state index contributed by atoms with van der Waals surface area (Å²) < 4.78 is 1.59. The van der Waals surface area contributed by atoms with Crippen molar-refractivity contribution in [3.05, 3.63) is 46.7 Å². The molecule has 0 saturated heterocycles. The fourth-order valence-electron chi connectivity index (χ4n) is 1.94. The van der Waals surface area contributed by atoms with Gasteiger partial charge >= 0.3 is 0 Å². The lowest BCUT2D eigenvalue weighted by Gasteiger charge is -2.09. The highest BCUT2D eigenvalue weighted by molar-refractivity contribution is 6.32. The number of halogens is 1. The first kappa shape index (κ1) is 14.6. The van der Waals surface area contributed by atoms with Gasteiger partial charge in [-0.05, 0) is 37.1 Å². The van der Waals surface area contributed by atoms with E-state index in [9.17, 15) is 4.79 Å². The van der Waals surface area contributed by atoms with E-state index in [1.54, 1.807) is 24.0 Å². The fourth-order valence-corrected chi connectivity index (χ4v) is 2.23. The molecule has 0 aliphatic carbocycles. The molecule has 1 atom stereocenters. The van der Waals surface area contributed by atoms with Crippen molar-refractivity contribution < 1.29 is 4.79 Å². The quantitative estimate of drug-likeness (QED) is 0.902. The molecule has 2 rings (SSSR count). The zero-order valence-electron chi connectivity index (χ0n) is 11.4. The lowest BCUT2D eigenvalue weighted by Crippen LogP contribution is -2.18. The molecule has 0 radical (unpaired) electrons. The van der Waals surface area contributed by atoms with Crippen LogP contribution in [0.3, 0.4) is 0 Å². The van der Waals surface area contributed by atoms with Gasteiger partial charge in [0.15, 0.2) is 5.69 Å². The van der Waals surface area contributed by atoms with E-state index in [4.69, 9.17) is 17.3 Å². The molecule has 20 heavy (non-hydrogen) atoms. The van der Waals surface area contributed by atoms with Crippen LogP contribution in [-0.2, 0) is 6.42 Å². The van der Waals surface area contributed by atoms with Gasteiger partial charge in [0.1, 0.15) is 0 Å². The van der Waals surface area contributed by atoms with E-state index >= 15 is 0 Å². The van der Waals surface area contributed by atoms with Crippen LogP contribution in [0.2, 0.25) is 5.02 Å². The Morgan fingerprint density at radius 1 is 1.50 bits per heavy atom. The Balaban J connectivity index is 2.29. The minimum Gasteiger partial charge on any atom is -0.354 e. The Hall–Kier alpha value is -1.85. The third-order valence-electron chi connectivity index (χ3n) is 2.87. The van der Waals surface area contributed by atoms with Gasteiger partial charge in [-0.3, -0.25) is 4.79 Å². The van der Waals surface area contributed by atoms with Crippen molar-refractivity contribution in [3.8, 4) is 5.69 Å². The van der Waals surface area contributed by atoms with Crippen molar-refractivity contribution >= 4 is 17.5 Å². The minimum atomic E-state index is -0.228. The van der Waals surface area contributed by atoms with Crippen molar-refractivity contribution in [2.24, 2.45) is 5.73 Å². The van der Waals surface area contributed by atoms with Crippen molar-refractivity contribution in [1.29, 1.82) is 0 Å². The highest BCUT2D eigenvalue weighted by atomic mass is 35.5. The summed E-state index contributed by atoms with van der Waals surface area (Å²) in [6.45, 7) is 1.95. The molecule has 0 fully saturated rings. The van der Waals surface area contributed by atoms with Gasteiger partial charge in [-0.25, -0.2) is 4.68 Å². The van der Waals surface area contributed by atoms with Crippen molar-refractivity contribution in [3.63, 3.8) is 0 Å². The molecule has 5 nitrogen and oxygen atoms in total. The number of rotatable bonds is 4. The lowest BCUT2D eigenvalue weighted by atomic mass is 10.1. The van der Waals surface area contributed by atoms with Gasteiger partial charge < -0.3 is 11.1 Å². The van der Waals surface area contributed by atoms with E-state index in [-0.39, 0.29) is 11.9 Å². The van der Waals surface area contributed by atoms with Crippen LogP contribution in [0.5, 0.6) is 0 Å². The first-order valence-corrected chi connectivity index (χ1v) is 6.71. The minimum absolute atomic E-state index is 0.0847. The molecule has 1 unspecified atom stereocenters. The number of carbonyl (C=O) groups excluding carboxylic acids is 1. The van der Waals surface area contributed by atoms with Gasteiger partial charge in [0, 0.05) is 19.3 Å². The van der Waals surface area contributed by atoms with Crippen LogP contribution < -0.4 is 11.1 Å². The molecule has 0 spiro atoms. The SMILES string of the molecule is CNC(=O)c1ccn(-c2ccc(CC(C)N)cc2Cl)n1. The summed E-state index contributed by atoms with van der Waals surface area (Å²) in [4.78, 5) is 11.5. The predicted octanol–water partition coefficient (Wildman–Crippen LogP) is 1.77. The Bertz CT molecular complexity index is 621. The number of hydrogen-bond acceptors (Lipinski definition) is 3. The third-order valence-corrected chi connectivity index (χ3v) is 3.17. The number of aromatic nitrogens is 2. The summed E-state index contributed by atoms with van der Waals surface area (Å²) in [5, 5.41) is 7.31. The molecule has 1 amide bonds. The van der Waals surface area contributed by atoms with E-state index in [2.05, 4.69) is 10.4 Å². The van der Waals surface area contributed by atoms with Crippen LogP contribution in [-0.4, -0.2) is 28.8 Å². The van der Waals surface area contributed by atoms with Crippen LogP contribution in [0, 0.1) is 0 Å². The maximum absolute atomic E-state index is 11.5. The molecule has 0 aliphatic rings. The Morgan fingerprint density at radius 3 is 2.85 bits per heavy atom. The van der Waals surface area contributed by atoms with Crippen molar-refractivity contribution in [1.82, 2.24) is 15.1 Å². The van der Waals surface area contributed by atoms with Gasteiger partial charge in [0.25, 0.3) is 5.91 Å². The summed E-state index contributed by atoms with van der Waals surface area (Å²) in [6.07, 6.45) is 2.47. The van der Waals surface area contributed by atoms with Gasteiger partial charge in [-0.1, -0.05) is 17.7 Å². The Kier molecular flexibility index (Phi) is 4.42. The molecule has 0 saturated carbocycles. The normalized spacial score (nSPS) is 12.2. The van der Waals surface area contributed by atoms with Gasteiger partial charge in [0.2, 0.25) is 0 Å². The smallest absolute Gasteiger partial charge is 0.271 e. The second kappa shape index (κ2) is 6.07. The first-order chi connectivity index (χ1) is 9.51. The summed E-state index contributed by atoms with van der Waals surface area (Å²) in [7, 11) is 1.57. The first-order valence-electron chi connectivity index (χ1n) is 6.33. The molecule has 0 aliphatic heterocycles. The van der Waals surface area contributed by atoms with Gasteiger partial charge in [-0.15, -0.1) is 0 Å². The number of carbonyl (C=O) groups is 1. The number of benzene rings is 1.